The van der Waals surface area contributed by atoms with E-state index in [4.69, 9.17) is 4.74 Å². The maximum atomic E-state index is 13.0. The van der Waals surface area contributed by atoms with E-state index in [1.54, 1.807) is 32.2 Å². The average molecular weight is 405 g/mol. The minimum Gasteiger partial charge on any atom is -0.496 e. The second-order valence-corrected chi connectivity index (χ2v) is 7.65. The number of ether oxygens (including phenoxy) is 1. The summed E-state index contributed by atoms with van der Waals surface area (Å²) in [5, 5.41) is 0. The van der Waals surface area contributed by atoms with Gasteiger partial charge in [0.1, 0.15) is 11.5 Å². The molecule has 0 radical (unpaired) electrons. The van der Waals surface area contributed by atoms with E-state index in [0.29, 0.717) is 28.1 Å². The number of carbonyl (C=O) groups is 1. The van der Waals surface area contributed by atoms with E-state index in [1.165, 1.54) is 11.0 Å². The Morgan fingerprint density at radius 1 is 1.07 bits per heavy atom. The molecule has 0 spiro atoms. The highest BCUT2D eigenvalue weighted by atomic mass is 32.3. The van der Waals surface area contributed by atoms with Crippen LogP contribution < -0.4 is 13.8 Å². The molecule has 0 bridgehead atoms. The third-order valence-corrected chi connectivity index (χ3v) is 5.28. The van der Waals surface area contributed by atoms with Crippen LogP contribution >= 0.6 is 0 Å². The smallest absolute Gasteiger partial charge is 0.488 e. The minimum atomic E-state index is -5.16. The van der Waals surface area contributed by atoms with Crippen molar-refractivity contribution < 1.29 is 26.0 Å². The minimum absolute atomic E-state index is 0.134. The summed E-state index contributed by atoms with van der Waals surface area (Å²) in [6, 6.07) is 7.83. The Kier molecular flexibility index (Phi) is 4.93. The van der Waals surface area contributed by atoms with E-state index in [1.807, 2.05) is 19.9 Å². The highest BCUT2D eigenvalue weighted by molar-refractivity contribution is 7.81. The molecule has 0 unspecified atom stereocenters. The number of nitrogens with zero attached hydrogens (tertiary/aromatic N) is 1. The van der Waals surface area contributed by atoms with Gasteiger partial charge < -0.3 is 8.92 Å². The van der Waals surface area contributed by atoms with Gasteiger partial charge in [-0.3, -0.25) is 9.69 Å². The molecule has 3 rings (SSSR count). The topological polar surface area (TPSA) is 72.9 Å². The third kappa shape index (κ3) is 3.47. The molecule has 2 aromatic carbocycles. The molecule has 1 saturated heterocycles. The summed E-state index contributed by atoms with van der Waals surface area (Å²) in [4.78, 5) is 14.1. The Morgan fingerprint density at radius 2 is 1.75 bits per heavy atom. The molecule has 2 aromatic rings. The quantitative estimate of drug-likeness (QED) is 0.429. The van der Waals surface area contributed by atoms with Crippen molar-refractivity contribution in [3.63, 3.8) is 0 Å². The number of rotatable bonds is 5. The van der Waals surface area contributed by atoms with Crippen LogP contribution in [-0.2, 0) is 15.3 Å². The van der Waals surface area contributed by atoms with E-state index in [2.05, 4.69) is 10.8 Å². The van der Waals surface area contributed by atoms with Gasteiger partial charge in [0.2, 0.25) is 0 Å². The van der Waals surface area contributed by atoms with Crippen LogP contribution in [0.3, 0.4) is 0 Å². The number of benzene rings is 2. The lowest BCUT2D eigenvalue weighted by Crippen LogP contribution is -2.48. The lowest BCUT2D eigenvalue weighted by atomic mass is 9.87. The zero-order valence-electron chi connectivity index (χ0n) is 15.9. The van der Waals surface area contributed by atoms with E-state index in [9.17, 15) is 17.1 Å². The molecule has 1 atom stereocenters. The first kappa shape index (κ1) is 19.9. The lowest BCUT2D eigenvalue weighted by Gasteiger charge is -2.43. The Bertz CT molecular complexity index is 1090. The molecule has 1 aliphatic rings. The molecule has 1 aliphatic heterocycles. The van der Waals surface area contributed by atoms with Crippen LogP contribution in [0.15, 0.2) is 42.5 Å². The monoisotopic (exact) mass is 405 g/mol. The van der Waals surface area contributed by atoms with Crippen LogP contribution in [0.5, 0.6) is 11.5 Å². The summed E-state index contributed by atoms with van der Waals surface area (Å²) in [5.74, 6) is 0.261. The van der Waals surface area contributed by atoms with E-state index >= 15 is 0 Å². The largest absolute Gasteiger partial charge is 0.496 e. The Hall–Kier alpha value is -2.87. The normalized spacial score (nSPS) is 16.8. The summed E-state index contributed by atoms with van der Waals surface area (Å²) < 4.78 is 44.5. The molecule has 0 N–H and O–H groups in total. The first-order valence-electron chi connectivity index (χ1n) is 8.45. The number of methoxy groups -OCH3 is 1. The summed E-state index contributed by atoms with van der Waals surface area (Å²) in [5.41, 5.74) is 3.90. The molecule has 0 saturated carbocycles. The number of aryl methyl sites for hydroxylation is 2. The fourth-order valence-corrected chi connectivity index (χ4v) is 3.63. The molecule has 0 aliphatic carbocycles. The molecule has 6 nitrogen and oxygen atoms in total. The van der Waals surface area contributed by atoms with Crippen LogP contribution in [0.4, 0.5) is 9.57 Å². The van der Waals surface area contributed by atoms with E-state index in [0.717, 1.165) is 11.1 Å². The summed E-state index contributed by atoms with van der Waals surface area (Å²) in [6.07, 6.45) is 0. The van der Waals surface area contributed by atoms with Crippen molar-refractivity contribution in [1.82, 2.24) is 0 Å². The number of β-lactam (4-membered cyclic amide) rings is 1. The van der Waals surface area contributed by atoms with Crippen molar-refractivity contribution in [2.45, 2.75) is 26.8 Å². The van der Waals surface area contributed by atoms with Gasteiger partial charge in [-0.05, 0) is 55.2 Å². The summed E-state index contributed by atoms with van der Waals surface area (Å²) >= 11 is 0. The van der Waals surface area contributed by atoms with Crippen LogP contribution in [0.2, 0.25) is 0 Å². The van der Waals surface area contributed by atoms with Crippen molar-refractivity contribution in [2.24, 2.45) is 0 Å². The predicted molar refractivity (Wildman–Crippen MR) is 104 cm³/mol. The van der Waals surface area contributed by atoms with Gasteiger partial charge in [0, 0.05) is 17.3 Å². The fourth-order valence-electron chi connectivity index (χ4n) is 3.24. The average Bonchev–Trinajstić information content (AvgIpc) is 2.62. The molecule has 1 amide bonds. The highest BCUT2D eigenvalue weighted by Gasteiger charge is 2.43. The molecule has 1 fully saturated rings. The van der Waals surface area contributed by atoms with Crippen LogP contribution in [-0.4, -0.2) is 21.4 Å². The van der Waals surface area contributed by atoms with Crippen molar-refractivity contribution in [3.8, 4) is 11.5 Å². The van der Waals surface area contributed by atoms with Gasteiger partial charge in [0.05, 0.1) is 13.2 Å². The molecule has 8 heteroatoms. The van der Waals surface area contributed by atoms with Gasteiger partial charge in [-0.15, -0.1) is 0 Å². The summed E-state index contributed by atoms with van der Waals surface area (Å²) in [7, 11) is -3.60. The van der Waals surface area contributed by atoms with Gasteiger partial charge in [0.25, 0.3) is 5.91 Å². The van der Waals surface area contributed by atoms with Crippen molar-refractivity contribution in [1.29, 1.82) is 0 Å². The van der Waals surface area contributed by atoms with Crippen molar-refractivity contribution in [2.75, 3.05) is 12.0 Å². The van der Waals surface area contributed by atoms with Gasteiger partial charge in [-0.1, -0.05) is 22.6 Å². The molecule has 1 heterocycles. The van der Waals surface area contributed by atoms with Crippen molar-refractivity contribution >= 4 is 22.1 Å². The molecular weight excluding hydrogens is 385 g/mol. The Balaban J connectivity index is 2.05. The van der Waals surface area contributed by atoms with Gasteiger partial charge in [-0.25, -0.2) is 0 Å². The standard InChI is InChI=1S/C20H20FNO5S/c1-11-6-7-15(9-17(11)27-28(21,24)25)19-14(4)20(23)22(19)16-8-12(2)13(3)18(10-16)26-5/h6-10,19H,4H2,1-3,5H3/t19-/m1/s1. The number of halogens is 1. The number of carbonyl (C=O) groups excluding carboxylic acids is 1. The SMILES string of the molecule is C=C1C(=O)N(c2cc(C)c(C)c(OC)c2)[C@H]1c1ccc(C)c(OS(=O)(=O)F)c1. The van der Waals surface area contributed by atoms with Gasteiger partial charge >= 0.3 is 10.5 Å². The number of anilines is 1. The van der Waals surface area contributed by atoms with Crippen LogP contribution in [0.25, 0.3) is 0 Å². The Morgan fingerprint density at radius 3 is 2.36 bits per heavy atom. The molecule has 148 valence electrons. The Labute approximate surface area is 163 Å². The predicted octanol–water partition coefficient (Wildman–Crippen LogP) is 3.86. The van der Waals surface area contributed by atoms with Gasteiger partial charge in [-0.2, -0.15) is 8.42 Å². The second-order valence-electron chi connectivity index (χ2n) is 6.69. The number of hydrogen-bond acceptors (Lipinski definition) is 5. The van der Waals surface area contributed by atoms with Gasteiger partial charge in [0.15, 0.2) is 0 Å². The van der Waals surface area contributed by atoms with Crippen LogP contribution in [0, 0.1) is 20.8 Å². The zero-order chi connectivity index (χ0) is 20.8. The van der Waals surface area contributed by atoms with E-state index in [-0.39, 0.29) is 11.7 Å². The summed E-state index contributed by atoms with van der Waals surface area (Å²) in [6.45, 7) is 9.26. The second kappa shape index (κ2) is 6.94. The molecule has 0 aromatic heterocycles. The molecule has 28 heavy (non-hydrogen) atoms. The maximum Gasteiger partial charge on any atom is 0.488 e. The number of hydrogen-bond donors (Lipinski definition) is 0. The molecular formula is C20H20FNO5S. The first-order chi connectivity index (χ1) is 13.0. The van der Waals surface area contributed by atoms with Crippen molar-refractivity contribution in [3.05, 3.63) is 64.7 Å². The maximum absolute atomic E-state index is 13.0. The zero-order valence-corrected chi connectivity index (χ0v) is 16.8. The highest BCUT2D eigenvalue weighted by Crippen LogP contribution is 2.45. The van der Waals surface area contributed by atoms with E-state index < -0.39 is 16.5 Å². The van der Waals surface area contributed by atoms with Crippen LogP contribution in [0.1, 0.15) is 28.3 Å². The number of amides is 1. The fraction of sp³-hybridized carbons (Fsp3) is 0.250. The lowest BCUT2D eigenvalue weighted by molar-refractivity contribution is -0.119. The third-order valence-electron chi connectivity index (χ3n) is 4.90. The first-order valence-corrected chi connectivity index (χ1v) is 9.76.